The quantitative estimate of drug-likeness (QED) is 0.279. The molecule has 0 saturated carbocycles. The number of esters is 1. The van der Waals surface area contributed by atoms with Gasteiger partial charge in [-0.15, -0.1) is 6.58 Å². The van der Waals surface area contributed by atoms with Crippen molar-refractivity contribution in [1.82, 2.24) is 0 Å². The molecule has 1 aliphatic rings. The summed E-state index contributed by atoms with van der Waals surface area (Å²) in [5.74, 6) is -1.14. The van der Waals surface area contributed by atoms with Crippen molar-refractivity contribution >= 4 is 11.8 Å². The minimum atomic E-state index is -1.38. The number of Topliss-reactive ketones (excluding diaryl/α,β-unsaturated/α-hetero) is 1. The molecule has 142 valence electrons. The monoisotopic (exact) mass is 358 g/mol. The first-order chi connectivity index (χ1) is 12.5. The maximum atomic E-state index is 13.1. The van der Waals surface area contributed by atoms with E-state index in [4.69, 9.17) is 9.47 Å². The SMILES string of the molecule is C=CC1C(CCCCC)OC(c2ccccc2)C1(C(C)=O)C(=O)OCC. The number of carbonyl (C=O) groups is 2. The van der Waals surface area contributed by atoms with Crippen LogP contribution in [0.25, 0.3) is 0 Å². The van der Waals surface area contributed by atoms with Crippen LogP contribution in [0.3, 0.4) is 0 Å². The third-order valence-electron chi connectivity index (χ3n) is 5.29. The fourth-order valence-electron chi connectivity index (χ4n) is 4.04. The third-order valence-corrected chi connectivity index (χ3v) is 5.29. The lowest BCUT2D eigenvalue weighted by Gasteiger charge is -2.33. The molecule has 1 fully saturated rings. The second-order valence-electron chi connectivity index (χ2n) is 6.87. The number of hydrogen-bond acceptors (Lipinski definition) is 4. The van der Waals surface area contributed by atoms with Gasteiger partial charge in [0.25, 0.3) is 0 Å². The molecule has 1 heterocycles. The van der Waals surface area contributed by atoms with Gasteiger partial charge < -0.3 is 9.47 Å². The van der Waals surface area contributed by atoms with Crippen LogP contribution in [-0.4, -0.2) is 24.5 Å². The lowest BCUT2D eigenvalue weighted by Crippen LogP contribution is -2.47. The Kier molecular flexibility index (Phi) is 7.15. The molecule has 1 aliphatic heterocycles. The lowest BCUT2D eigenvalue weighted by atomic mass is 9.66. The van der Waals surface area contributed by atoms with Gasteiger partial charge in [0.1, 0.15) is 6.10 Å². The highest BCUT2D eigenvalue weighted by molar-refractivity contribution is 6.04. The molecule has 0 N–H and O–H groups in total. The average molecular weight is 358 g/mol. The first-order valence-corrected chi connectivity index (χ1v) is 9.55. The van der Waals surface area contributed by atoms with Crippen LogP contribution < -0.4 is 0 Å². The van der Waals surface area contributed by atoms with E-state index in [1.807, 2.05) is 30.3 Å². The van der Waals surface area contributed by atoms with Gasteiger partial charge in [-0.3, -0.25) is 9.59 Å². The molecule has 1 aromatic carbocycles. The van der Waals surface area contributed by atoms with Crippen LogP contribution in [0.15, 0.2) is 43.0 Å². The molecule has 4 atom stereocenters. The molecule has 26 heavy (non-hydrogen) atoms. The summed E-state index contributed by atoms with van der Waals surface area (Å²) in [6.07, 6.45) is 4.80. The highest BCUT2D eigenvalue weighted by Crippen LogP contribution is 2.55. The summed E-state index contributed by atoms with van der Waals surface area (Å²) in [4.78, 5) is 26.0. The summed E-state index contributed by atoms with van der Waals surface area (Å²) in [6, 6.07) is 9.48. The minimum absolute atomic E-state index is 0.222. The molecule has 0 aromatic heterocycles. The van der Waals surface area contributed by atoms with E-state index in [9.17, 15) is 9.59 Å². The normalized spacial score (nSPS) is 27.9. The van der Waals surface area contributed by atoms with Crippen molar-refractivity contribution in [2.24, 2.45) is 11.3 Å². The Balaban J connectivity index is 2.52. The molecule has 0 aliphatic carbocycles. The van der Waals surface area contributed by atoms with Crippen molar-refractivity contribution in [3.05, 3.63) is 48.6 Å². The largest absolute Gasteiger partial charge is 0.465 e. The van der Waals surface area contributed by atoms with Gasteiger partial charge in [-0.05, 0) is 25.8 Å². The molecule has 4 unspecified atom stereocenters. The predicted octanol–water partition coefficient (Wildman–Crippen LogP) is 4.65. The Bertz CT molecular complexity index is 624. The number of ether oxygens (including phenoxy) is 2. The average Bonchev–Trinajstić information content (AvgIpc) is 2.98. The van der Waals surface area contributed by atoms with Crippen molar-refractivity contribution in [3.63, 3.8) is 0 Å². The van der Waals surface area contributed by atoms with E-state index in [1.165, 1.54) is 6.92 Å². The third kappa shape index (κ3) is 3.61. The number of carbonyl (C=O) groups excluding carboxylic acids is 2. The van der Waals surface area contributed by atoms with Crippen molar-refractivity contribution in [2.75, 3.05) is 6.61 Å². The molecule has 0 amide bonds. The molecular weight excluding hydrogens is 328 g/mol. The van der Waals surface area contributed by atoms with Crippen LogP contribution in [0.1, 0.15) is 58.1 Å². The zero-order valence-electron chi connectivity index (χ0n) is 16.1. The fraction of sp³-hybridized carbons (Fsp3) is 0.545. The molecule has 2 rings (SSSR count). The second kappa shape index (κ2) is 9.13. The number of rotatable bonds is 9. The first-order valence-electron chi connectivity index (χ1n) is 9.55. The first kappa shape index (κ1) is 20.4. The van der Waals surface area contributed by atoms with Gasteiger partial charge in [0.15, 0.2) is 11.2 Å². The van der Waals surface area contributed by atoms with Crippen molar-refractivity contribution in [1.29, 1.82) is 0 Å². The van der Waals surface area contributed by atoms with Crippen LogP contribution >= 0.6 is 0 Å². The fourth-order valence-corrected chi connectivity index (χ4v) is 4.04. The van der Waals surface area contributed by atoms with E-state index >= 15 is 0 Å². The zero-order valence-corrected chi connectivity index (χ0v) is 16.1. The Morgan fingerprint density at radius 2 is 1.92 bits per heavy atom. The molecular formula is C22H30O4. The van der Waals surface area contributed by atoms with Crippen LogP contribution in [0.4, 0.5) is 0 Å². The van der Waals surface area contributed by atoms with Crippen LogP contribution in [0.2, 0.25) is 0 Å². The summed E-state index contributed by atoms with van der Waals surface area (Å²) >= 11 is 0. The molecule has 0 bridgehead atoms. The van der Waals surface area contributed by atoms with E-state index in [0.29, 0.717) is 0 Å². The summed E-state index contributed by atoms with van der Waals surface area (Å²) < 4.78 is 11.7. The molecule has 1 saturated heterocycles. The Labute approximate surface area is 156 Å². The van der Waals surface area contributed by atoms with E-state index in [2.05, 4.69) is 13.5 Å². The van der Waals surface area contributed by atoms with Gasteiger partial charge in [0, 0.05) is 5.92 Å². The van der Waals surface area contributed by atoms with Gasteiger partial charge >= 0.3 is 5.97 Å². The number of benzene rings is 1. The van der Waals surface area contributed by atoms with Gasteiger partial charge in [-0.25, -0.2) is 0 Å². The van der Waals surface area contributed by atoms with E-state index in [-0.39, 0.29) is 18.5 Å². The molecule has 1 aromatic rings. The van der Waals surface area contributed by atoms with Crippen LogP contribution in [0.5, 0.6) is 0 Å². The van der Waals surface area contributed by atoms with Crippen LogP contribution in [-0.2, 0) is 19.1 Å². The van der Waals surface area contributed by atoms with E-state index in [0.717, 1.165) is 31.2 Å². The maximum absolute atomic E-state index is 13.1. The molecule has 0 radical (unpaired) electrons. The summed E-state index contributed by atoms with van der Waals surface area (Å²) in [6.45, 7) is 9.51. The predicted molar refractivity (Wildman–Crippen MR) is 102 cm³/mol. The zero-order chi connectivity index (χ0) is 19.2. The van der Waals surface area contributed by atoms with E-state index in [1.54, 1.807) is 13.0 Å². The van der Waals surface area contributed by atoms with Gasteiger partial charge in [-0.2, -0.15) is 0 Å². The Morgan fingerprint density at radius 1 is 1.23 bits per heavy atom. The van der Waals surface area contributed by atoms with Crippen molar-refractivity contribution < 1.29 is 19.1 Å². The number of unbranched alkanes of at least 4 members (excludes halogenated alkanes) is 2. The molecule has 4 heteroatoms. The molecule has 4 nitrogen and oxygen atoms in total. The smallest absolute Gasteiger partial charge is 0.323 e. The van der Waals surface area contributed by atoms with Crippen LogP contribution in [0, 0.1) is 11.3 Å². The standard InChI is InChI=1S/C22H30O4/c1-5-8-10-15-19-18(6-2)22(16(4)23,21(24)25-7-3)20(26-19)17-13-11-9-12-14-17/h6,9,11-14,18-20H,2,5,7-8,10,15H2,1,3-4H3. The maximum Gasteiger partial charge on any atom is 0.323 e. The topological polar surface area (TPSA) is 52.6 Å². The second-order valence-corrected chi connectivity index (χ2v) is 6.87. The van der Waals surface area contributed by atoms with Crippen molar-refractivity contribution in [2.45, 2.75) is 58.7 Å². The van der Waals surface area contributed by atoms with Crippen molar-refractivity contribution in [3.8, 4) is 0 Å². The van der Waals surface area contributed by atoms with Gasteiger partial charge in [0.05, 0.1) is 12.7 Å². The minimum Gasteiger partial charge on any atom is -0.465 e. The highest BCUT2D eigenvalue weighted by atomic mass is 16.5. The highest BCUT2D eigenvalue weighted by Gasteiger charge is 2.64. The lowest BCUT2D eigenvalue weighted by molar-refractivity contribution is -0.165. The van der Waals surface area contributed by atoms with Gasteiger partial charge in [0.2, 0.25) is 0 Å². The van der Waals surface area contributed by atoms with Gasteiger partial charge in [-0.1, -0.05) is 62.6 Å². The molecule has 0 spiro atoms. The Morgan fingerprint density at radius 3 is 2.46 bits per heavy atom. The Hall–Kier alpha value is -1.94. The summed E-state index contributed by atoms with van der Waals surface area (Å²) in [5.41, 5.74) is -0.559. The summed E-state index contributed by atoms with van der Waals surface area (Å²) in [7, 11) is 0. The van der Waals surface area contributed by atoms with E-state index < -0.39 is 23.4 Å². The number of ketones is 1. The number of hydrogen-bond donors (Lipinski definition) is 0. The summed E-state index contributed by atoms with van der Waals surface area (Å²) in [5, 5.41) is 0.